The van der Waals surface area contributed by atoms with Gasteiger partial charge in [0, 0.05) is 37.4 Å². The Hall–Kier alpha value is -1.42. The molecule has 2 fully saturated rings. The van der Waals surface area contributed by atoms with Crippen molar-refractivity contribution in [2.45, 2.75) is 32.2 Å². The second kappa shape index (κ2) is 5.29. The van der Waals surface area contributed by atoms with Crippen LogP contribution in [0.25, 0.3) is 0 Å². The molecule has 2 aliphatic rings. The number of hydrogen-bond donors (Lipinski definition) is 0. The molecule has 1 unspecified atom stereocenters. The third-order valence-electron chi connectivity index (χ3n) is 4.32. The van der Waals surface area contributed by atoms with E-state index in [0.29, 0.717) is 11.6 Å². The minimum absolute atomic E-state index is 0.0798. The molecule has 0 saturated carbocycles. The molecule has 1 aromatic heterocycles. The van der Waals surface area contributed by atoms with E-state index in [9.17, 15) is 4.79 Å². The largest absolute Gasteiger partial charge is 0.354 e. The van der Waals surface area contributed by atoms with Crippen LogP contribution in [-0.2, 0) is 0 Å². The van der Waals surface area contributed by atoms with Crippen LogP contribution >= 0.6 is 0 Å². The van der Waals surface area contributed by atoms with Crippen molar-refractivity contribution < 1.29 is 4.79 Å². The minimum Gasteiger partial charge on any atom is -0.354 e. The van der Waals surface area contributed by atoms with E-state index in [1.54, 1.807) is 13.1 Å². The van der Waals surface area contributed by atoms with Gasteiger partial charge in [-0.15, -0.1) is 0 Å². The molecule has 2 saturated heterocycles. The molecule has 0 aromatic carbocycles. The summed E-state index contributed by atoms with van der Waals surface area (Å²) in [7, 11) is 0. The molecule has 3 heterocycles. The number of piperidine rings is 1. The molecule has 0 spiro atoms. The van der Waals surface area contributed by atoms with Gasteiger partial charge in [-0.25, -0.2) is 4.98 Å². The first-order valence-corrected chi connectivity index (χ1v) is 7.20. The molecule has 2 aliphatic heterocycles. The summed E-state index contributed by atoms with van der Waals surface area (Å²) in [4.78, 5) is 20.7. The van der Waals surface area contributed by atoms with Crippen molar-refractivity contribution in [1.29, 1.82) is 0 Å². The summed E-state index contributed by atoms with van der Waals surface area (Å²) < 4.78 is 0. The number of Topliss-reactive ketones (excluding diaryl/α,β-unsaturated/α-hetero) is 1. The molecule has 102 valence electrons. The fourth-order valence-corrected chi connectivity index (χ4v) is 3.15. The Bertz CT molecular complexity index is 457. The average Bonchev–Trinajstić information content (AvgIpc) is 2.47. The highest BCUT2D eigenvalue weighted by molar-refractivity contribution is 5.93. The first kappa shape index (κ1) is 12.6. The second-order valence-corrected chi connectivity index (χ2v) is 5.59. The van der Waals surface area contributed by atoms with Gasteiger partial charge < -0.3 is 4.90 Å². The number of nitrogens with zero attached hydrogens (tertiary/aromatic N) is 3. The average molecular weight is 259 g/mol. The first-order chi connectivity index (χ1) is 9.24. The summed E-state index contributed by atoms with van der Waals surface area (Å²) in [6, 6.07) is 4.56. The number of ketones is 1. The monoisotopic (exact) mass is 259 g/mol. The lowest BCUT2D eigenvalue weighted by Crippen LogP contribution is -2.55. The molecule has 4 heteroatoms. The Morgan fingerprint density at radius 2 is 2.16 bits per heavy atom. The maximum absolute atomic E-state index is 11.3. The predicted octanol–water partition coefficient (Wildman–Crippen LogP) is 1.96. The van der Waals surface area contributed by atoms with Crippen LogP contribution < -0.4 is 4.90 Å². The molecular weight excluding hydrogens is 238 g/mol. The summed E-state index contributed by atoms with van der Waals surface area (Å²) >= 11 is 0. The summed E-state index contributed by atoms with van der Waals surface area (Å²) in [5.74, 6) is 1.09. The highest BCUT2D eigenvalue weighted by atomic mass is 16.1. The van der Waals surface area contributed by atoms with Gasteiger partial charge in [0.05, 0.1) is 0 Å². The third kappa shape index (κ3) is 2.63. The topological polar surface area (TPSA) is 36.4 Å². The number of anilines is 1. The van der Waals surface area contributed by atoms with Crippen molar-refractivity contribution in [3.05, 3.63) is 23.9 Å². The van der Waals surface area contributed by atoms with Crippen LogP contribution in [0, 0.1) is 0 Å². The molecule has 1 atom stereocenters. The van der Waals surface area contributed by atoms with Crippen LogP contribution in [0.3, 0.4) is 0 Å². The molecule has 0 aliphatic carbocycles. The van der Waals surface area contributed by atoms with Crippen molar-refractivity contribution in [2.75, 3.05) is 31.1 Å². The van der Waals surface area contributed by atoms with E-state index in [1.165, 1.54) is 25.8 Å². The summed E-state index contributed by atoms with van der Waals surface area (Å²) in [6.45, 7) is 6.10. The molecule has 4 nitrogen and oxygen atoms in total. The van der Waals surface area contributed by atoms with Crippen LogP contribution in [-0.4, -0.2) is 47.9 Å². The van der Waals surface area contributed by atoms with Crippen LogP contribution in [0.4, 0.5) is 5.82 Å². The van der Waals surface area contributed by atoms with Crippen molar-refractivity contribution in [2.24, 2.45) is 0 Å². The summed E-state index contributed by atoms with van der Waals surface area (Å²) in [5, 5.41) is 0. The first-order valence-electron chi connectivity index (χ1n) is 7.20. The van der Waals surface area contributed by atoms with Gasteiger partial charge in [0.25, 0.3) is 0 Å². The van der Waals surface area contributed by atoms with Gasteiger partial charge in [0.1, 0.15) is 5.82 Å². The molecule has 19 heavy (non-hydrogen) atoms. The summed E-state index contributed by atoms with van der Waals surface area (Å²) in [6.07, 6.45) is 5.71. The fourth-order valence-electron chi connectivity index (χ4n) is 3.15. The second-order valence-electron chi connectivity index (χ2n) is 5.59. The Balaban J connectivity index is 1.70. The zero-order valence-electron chi connectivity index (χ0n) is 11.5. The van der Waals surface area contributed by atoms with Crippen molar-refractivity contribution in [3.63, 3.8) is 0 Å². The van der Waals surface area contributed by atoms with Crippen LogP contribution in [0.2, 0.25) is 0 Å². The van der Waals surface area contributed by atoms with E-state index < -0.39 is 0 Å². The van der Waals surface area contributed by atoms with Gasteiger partial charge >= 0.3 is 0 Å². The van der Waals surface area contributed by atoms with Gasteiger partial charge in [-0.2, -0.15) is 0 Å². The van der Waals surface area contributed by atoms with Gasteiger partial charge in [-0.05, 0) is 38.4 Å². The molecule has 0 bridgehead atoms. The third-order valence-corrected chi connectivity index (χ3v) is 4.32. The minimum atomic E-state index is 0.0798. The quantitative estimate of drug-likeness (QED) is 0.761. The number of carbonyl (C=O) groups excluding carboxylic acids is 1. The molecule has 0 radical (unpaired) electrons. The number of rotatable bonds is 2. The number of piperazine rings is 1. The van der Waals surface area contributed by atoms with E-state index in [1.807, 2.05) is 12.1 Å². The number of pyridine rings is 1. The SMILES string of the molecule is CC(=O)c1ccc(N2CCN3CCCCC3C2)nc1. The maximum atomic E-state index is 11.3. The van der Waals surface area contributed by atoms with Gasteiger partial charge in [0.15, 0.2) is 5.78 Å². The lowest BCUT2D eigenvalue weighted by atomic mass is 9.99. The zero-order valence-corrected chi connectivity index (χ0v) is 11.5. The van der Waals surface area contributed by atoms with Gasteiger partial charge in [-0.1, -0.05) is 6.42 Å². The standard InChI is InChI=1S/C15H21N3O/c1-12(19)13-5-6-15(16-10-13)18-9-8-17-7-3-2-4-14(17)11-18/h5-6,10,14H,2-4,7-9,11H2,1H3. The van der Waals surface area contributed by atoms with Gasteiger partial charge in [0.2, 0.25) is 0 Å². The lowest BCUT2D eigenvalue weighted by molar-refractivity contribution is 0.101. The summed E-state index contributed by atoms with van der Waals surface area (Å²) in [5.41, 5.74) is 0.694. The molecule has 0 amide bonds. The van der Waals surface area contributed by atoms with Gasteiger partial charge in [-0.3, -0.25) is 9.69 Å². The van der Waals surface area contributed by atoms with E-state index in [4.69, 9.17) is 0 Å². The molecular formula is C15H21N3O. The molecule has 3 rings (SSSR count). The van der Waals surface area contributed by atoms with E-state index in [2.05, 4.69) is 14.8 Å². The van der Waals surface area contributed by atoms with Crippen LogP contribution in [0.1, 0.15) is 36.5 Å². The smallest absolute Gasteiger partial charge is 0.161 e. The Morgan fingerprint density at radius 1 is 1.26 bits per heavy atom. The van der Waals surface area contributed by atoms with Crippen LogP contribution in [0.15, 0.2) is 18.3 Å². The maximum Gasteiger partial charge on any atom is 0.161 e. The van der Waals surface area contributed by atoms with E-state index in [-0.39, 0.29) is 5.78 Å². The van der Waals surface area contributed by atoms with Crippen molar-refractivity contribution in [3.8, 4) is 0 Å². The van der Waals surface area contributed by atoms with Crippen molar-refractivity contribution >= 4 is 11.6 Å². The molecule has 1 aromatic rings. The fraction of sp³-hybridized carbons (Fsp3) is 0.600. The lowest BCUT2D eigenvalue weighted by Gasteiger charge is -2.44. The Morgan fingerprint density at radius 3 is 2.89 bits per heavy atom. The number of aromatic nitrogens is 1. The Labute approximate surface area is 114 Å². The van der Waals surface area contributed by atoms with E-state index in [0.717, 1.165) is 25.5 Å². The number of fused-ring (bicyclic) bond motifs is 1. The highest BCUT2D eigenvalue weighted by Crippen LogP contribution is 2.23. The number of carbonyl (C=O) groups is 1. The number of hydrogen-bond acceptors (Lipinski definition) is 4. The predicted molar refractivity (Wildman–Crippen MR) is 75.7 cm³/mol. The molecule has 0 N–H and O–H groups in total. The van der Waals surface area contributed by atoms with Crippen LogP contribution in [0.5, 0.6) is 0 Å². The van der Waals surface area contributed by atoms with Crippen molar-refractivity contribution in [1.82, 2.24) is 9.88 Å². The van der Waals surface area contributed by atoms with E-state index >= 15 is 0 Å². The zero-order chi connectivity index (χ0) is 13.2. The highest BCUT2D eigenvalue weighted by Gasteiger charge is 2.29. The normalized spacial score (nSPS) is 24.1. The Kier molecular flexibility index (Phi) is 3.51.